The number of unbranched alkanes of at least 4 members (excludes halogenated alkanes) is 4. The minimum absolute atomic E-state index is 0.825. The van der Waals surface area contributed by atoms with Crippen LogP contribution in [0.25, 0.3) is 0 Å². The number of hydrogen-bond donors (Lipinski definition) is 0. The first-order chi connectivity index (χ1) is 8.27. The second-order valence-corrected chi connectivity index (χ2v) is 5.62. The Kier molecular flexibility index (Phi) is 7.95. The molecule has 96 valence electrons. The highest BCUT2D eigenvalue weighted by molar-refractivity contribution is 9.10. The quantitative estimate of drug-likeness (QED) is 0.425. The lowest BCUT2D eigenvalue weighted by atomic mass is 10.2. The van der Waals surface area contributed by atoms with Crippen LogP contribution in [0.3, 0.4) is 0 Å². The van der Waals surface area contributed by atoms with E-state index in [1.165, 1.54) is 31.2 Å². The summed E-state index contributed by atoms with van der Waals surface area (Å²) in [5.74, 6) is 1.00. The molecule has 0 amide bonds. The van der Waals surface area contributed by atoms with Crippen LogP contribution in [-0.4, -0.2) is 6.61 Å². The van der Waals surface area contributed by atoms with Crippen molar-refractivity contribution in [1.82, 2.24) is 0 Å². The molecule has 3 heteroatoms. The Hall–Kier alpha value is -0.0200. The normalized spacial score (nSPS) is 10.5. The van der Waals surface area contributed by atoms with Crippen LogP contribution in [-0.2, 0) is 5.33 Å². The van der Waals surface area contributed by atoms with Gasteiger partial charge in [-0.3, -0.25) is 0 Å². The van der Waals surface area contributed by atoms with E-state index < -0.39 is 0 Å². The van der Waals surface area contributed by atoms with Crippen molar-refractivity contribution >= 4 is 31.9 Å². The zero-order chi connectivity index (χ0) is 12.5. The molecular weight excluding hydrogens is 344 g/mol. The van der Waals surface area contributed by atoms with Crippen molar-refractivity contribution in [2.45, 2.75) is 44.4 Å². The molecule has 0 aromatic heterocycles. The minimum Gasteiger partial charge on any atom is -0.493 e. The third-order valence-electron chi connectivity index (χ3n) is 2.67. The second-order valence-electron chi connectivity index (χ2n) is 4.15. The van der Waals surface area contributed by atoms with Crippen molar-refractivity contribution < 1.29 is 4.74 Å². The van der Waals surface area contributed by atoms with Gasteiger partial charge in [0.2, 0.25) is 0 Å². The van der Waals surface area contributed by atoms with Gasteiger partial charge in [0.05, 0.1) is 6.61 Å². The highest BCUT2D eigenvalue weighted by Crippen LogP contribution is 2.25. The van der Waals surface area contributed by atoms with Crippen LogP contribution in [0.2, 0.25) is 0 Å². The van der Waals surface area contributed by atoms with Gasteiger partial charge in [-0.15, -0.1) is 0 Å². The van der Waals surface area contributed by atoms with Gasteiger partial charge in [0.1, 0.15) is 5.75 Å². The summed E-state index contributed by atoms with van der Waals surface area (Å²) >= 11 is 6.96. The molecule has 0 unspecified atom stereocenters. The molecule has 1 aromatic carbocycles. The minimum atomic E-state index is 0.825. The monoisotopic (exact) mass is 362 g/mol. The SMILES string of the molecule is CCCCCCCOc1ccc(Br)cc1CBr. The van der Waals surface area contributed by atoms with Crippen LogP contribution in [0.1, 0.15) is 44.6 Å². The standard InChI is InChI=1S/C14H20Br2O/c1-2-3-4-5-6-9-17-14-8-7-13(16)10-12(14)11-15/h7-8,10H,2-6,9,11H2,1H3. The maximum Gasteiger partial charge on any atom is 0.123 e. The van der Waals surface area contributed by atoms with E-state index in [1.807, 2.05) is 12.1 Å². The number of alkyl halides is 1. The summed E-state index contributed by atoms with van der Waals surface area (Å²) in [7, 11) is 0. The molecule has 0 saturated carbocycles. The van der Waals surface area contributed by atoms with Gasteiger partial charge in [-0.05, 0) is 24.6 Å². The lowest BCUT2D eigenvalue weighted by Gasteiger charge is -2.10. The Bertz CT molecular complexity index is 326. The smallest absolute Gasteiger partial charge is 0.123 e. The molecule has 0 heterocycles. The Morgan fingerprint density at radius 3 is 2.59 bits per heavy atom. The van der Waals surface area contributed by atoms with Crippen LogP contribution in [0.15, 0.2) is 22.7 Å². The van der Waals surface area contributed by atoms with Crippen molar-refractivity contribution in [3.05, 3.63) is 28.2 Å². The van der Waals surface area contributed by atoms with Gasteiger partial charge in [-0.2, -0.15) is 0 Å². The number of benzene rings is 1. The van der Waals surface area contributed by atoms with Gasteiger partial charge in [0.15, 0.2) is 0 Å². The number of halogens is 2. The van der Waals surface area contributed by atoms with E-state index in [9.17, 15) is 0 Å². The maximum atomic E-state index is 5.81. The highest BCUT2D eigenvalue weighted by Gasteiger charge is 2.03. The van der Waals surface area contributed by atoms with Gasteiger partial charge in [-0.1, -0.05) is 64.5 Å². The van der Waals surface area contributed by atoms with Crippen LogP contribution < -0.4 is 4.74 Å². The summed E-state index contributed by atoms with van der Waals surface area (Å²) in [6.45, 7) is 3.06. The maximum absolute atomic E-state index is 5.81. The number of ether oxygens (including phenoxy) is 1. The molecule has 0 aliphatic rings. The molecule has 1 aromatic rings. The first-order valence-electron chi connectivity index (χ1n) is 6.25. The second kappa shape index (κ2) is 8.98. The zero-order valence-corrected chi connectivity index (χ0v) is 13.5. The predicted octanol–water partition coefficient (Wildman–Crippen LogP) is 5.69. The summed E-state index contributed by atoms with van der Waals surface area (Å²) in [5.41, 5.74) is 1.20. The molecule has 0 radical (unpaired) electrons. The third kappa shape index (κ3) is 5.91. The Morgan fingerprint density at radius 2 is 1.88 bits per heavy atom. The first kappa shape index (κ1) is 15.0. The van der Waals surface area contributed by atoms with Crippen molar-refractivity contribution in [1.29, 1.82) is 0 Å². The van der Waals surface area contributed by atoms with Gasteiger partial charge >= 0.3 is 0 Å². The Balaban J connectivity index is 2.31. The molecule has 0 atom stereocenters. The average molecular weight is 364 g/mol. The number of hydrogen-bond acceptors (Lipinski definition) is 1. The van der Waals surface area contributed by atoms with E-state index in [4.69, 9.17) is 4.74 Å². The lowest BCUT2D eigenvalue weighted by Crippen LogP contribution is -1.99. The van der Waals surface area contributed by atoms with Gasteiger partial charge in [-0.25, -0.2) is 0 Å². The zero-order valence-electron chi connectivity index (χ0n) is 10.3. The van der Waals surface area contributed by atoms with E-state index in [-0.39, 0.29) is 0 Å². The van der Waals surface area contributed by atoms with Gasteiger partial charge < -0.3 is 4.74 Å². The highest BCUT2D eigenvalue weighted by atomic mass is 79.9. The third-order valence-corrected chi connectivity index (χ3v) is 3.77. The fourth-order valence-electron chi connectivity index (χ4n) is 1.68. The number of rotatable bonds is 8. The van der Waals surface area contributed by atoms with E-state index in [0.29, 0.717) is 0 Å². The lowest BCUT2D eigenvalue weighted by molar-refractivity contribution is 0.302. The summed E-state index contributed by atoms with van der Waals surface area (Å²) < 4.78 is 6.91. The average Bonchev–Trinajstić information content (AvgIpc) is 2.35. The van der Waals surface area contributed by atoms with Crippen molar-refractivity contribution in [3.63, 3.8) is 0 Å². The van der Waals surface area contributed by atoms with Gasteiger partial charge in [0, 0.05) is 15.4 Å². The van der Waals surface area contributed by atoms with E-state index in [0.717, 1.165) is 28.6 Å². The molecule has 0 fully saturated rings. The predicted molar refractivity (Wildman–Crippen MR) is 81.0 cm³/mol. The Morgan fingerprint density at radius 1 is 1.12 bits per heavy atom. The first-order valence-corrected chi connectivity index (χ1v) is 8.16. The van der Waals surface area contributed by atoms with E-state index in [2.05, 4.69) is 44.8 Å². The fraction of sp³-hybridized carbons (Fsp3) is 0.571. The van der Waals surface area contributed by atoms with Crippen LogP contribution in [0, 0.1) is 0 Å². The van der Waals surface area contributed by atoms with Crippen molar-refractivity contribution in [2.24, 2.45) is 0 Å². The molecule has 0 saturated heterocycles. The Labute approximate surface area is 121 Å². The molecule has 1 nitrogen and oxygen atoms in total. The summed E-state index contributed by atoms with van der Waals surface area (Å²) in [4.78, 5) is 0. The largest absolute Gasteiger partial charge is 0.493 e. The van der Waals surface area contributed by atoms with Crippen LogP contribution in [0.4, 0.5) is 0 Å². The van der Waals surface area contributed by atoms with Crippen molar-refractivity contribution in [2.75, 3.05) is 6.61 Å². The van der Waals surface area contributed by atoms with E-state index >= 15 is 0 Å². The van der Waals surface area contributed by atoms with Gasteiger partial charge in [0.25, 0.3) is 0 Å². The molecule has 17 heavy (non-hydrogen) atoms. The van der Waals surface area contributed by atoms with Crippen LogP contribution >= 0.6 is 31.9 Å². The molecule has 0 spiro atoms. The molecule has 0 N–H and O–H groups in total. The molecule has 0 aliphatic carbocycles. The molecular formula is C14H20Br2O. The molecule has 0 bridgehead atoms. The van der Waals surface area contributed by atoms with Crippen LogP contribution in [0.5, 0.6) is 5.75 Å². The molecule has 0 aliphatic heterocycles. The molecule has 1 rings (SSSR count). The summed E-state index contributed by atoms with van der Waals surface area (Å²) in [6.07, 6.45) is 6.38. The summed E-state index contributed by atoms with van der Waals surface area (Å²) in [5, 5.41) is 0.831. The summed E-state index contributed by atoms with van der Waals surface area (Å²) in [6, 6.07) is 6.16. The van der Waals surface area contributed by atoms with E-state index in [1.54, 1.807) is 0 Å². The topological polar surface area (TPSA) is 9.23 Å². The van der Waals surface area contributed by atoms with Crippen molar-refractivity contribution in [3.8, 4) is 5.75 Å². The fourth-order valence-corrected chi connectivity index (χ4v) is 2.53.